The van der Waals surface area contributed by atoms with Crippen LogP contribution in [-0.4, -0.2) is 58.8 Å². The van der Waals surface area contributed by atoms with Crippen LogP contribution in [0.1, 0.15) is 37.9 Å². The molecular formula is C17H28N4O. The minimum absolute atomic E-state index is 0.145. The van der Waals surface area contributed by atoms with E-state index in [1.807, 2.05) is 19.2 Å². The lowest BCUT2D eigenvalue weighted by atomic mass is 9.85. The van der Waals surface area contributed by atoms with Gasteiger partial charge in [0.05, 0.1) is 6.10 Å². The van der Waals surface area contributed by atoms with Crippen LogP contribution in [0.2, 0.25) is 0 Å². The lowest BCUT2D eigenvalue weighted by Crippen LogP contribution is -2.49. The second-order valence-electron chi connectivity index (χ2n) is 6.72. The van der Waals surface area contributed by atoms with Crippen molar-refractivity contribution in [3.8, 4) is 0 Å². The Bertz CT molecular complexity index is 467. The molecular weight excluding hydrogens is 276 g/mol. The number of nitrogens with zero attached hydrogens (tertiary/aromatic N) is 4. The van der Waals surface area contributed by atoms with Gasteiger partial charge in [0.15, 0.2) is 0 Å². The van der Waals surface area contributed by atoms with Gasteiger partial charge in [-0.2, -0.15) is 0 Å². The fourth-order valence-electron chi connectivity index (χ4n) is 3.71. The van der Waals surface area contributed by atoms with E-state index in [2.05, 4.69) is 19.8 Å². The Kier molecular flexibility index (Phi) is 5.26. The van der Waals surface area contributed by atoms with Crippen molar-refractivity contribution in [3.63, 3.8) is 0 Å². The van der Waals surface area contributed by atoms with Gasteiger partial charge in [0, 0.05) is 38.9 Å². The zero-order valence-electron chi connectivity index (χ0n) is 13.6. The molecule has 1 aromatic rings. The van der Waals surface area contributed by atoms with E-state index in [-0.39, 0.29) is 6.10 Å². The number of aryl methyl sites for hydroxylation is 1. The Morgan fingerprint density at radius 3 is 2.59 bits per heavy atom. The van der Waals surface area contributed by atoms with Gasteiger partial charge in [0.1, 0.15) is 11.6 Å². The molecule has 2 heterocycles. The van der Waals surface area contributed by atoms with Crippen molar-refractivity contribution in [3.05, 3.63) is 18.1 Å². The van der Waals surface area contributed by atoms with Crippen molar-refractivity contribution in [1.82, 2.24) is 14.9 Å². The molecule has 1 unspecified atom stereocenters. The topological polar surface area (TPSA) is 52.5 Å². The van der Waals surface area contributed by atoms with E-state index in [9.17, 15) is 5.11 Å². The molecule has 5 nitrogen and oxygen atoms in total. The number of anilines is 1. The molecule has 3 rings (SSSR count). The second-order valence-corrected chi connectivity index (χ2v) is 6.72. The van der Waals surface area contributed by atoms with Gasteiger partial charge < -0.3 is 10.0 Å². The SMILES string of the molecule is Cc1nccc(N2CCN(CC(O)C3CCCCC3)CC2)n1. The highest BCUT2D eigenvalue weighted by Crippen LogP contribution is 2.27. The smallest absolute Gasteiger partial charge is 0.132 e. The molecule has 0 amide bonds. The number of piperazine rings is 1. The third kappa shape index (κ3) is 3.96. The quantitative estimate of drug-likeness (QED) is 0.920. The summed E-state index contributed by atoms with van der Waals surface area (Å²) in [4.78, 5) is 13.4. The van der Waals surface area contributed by atoms with Gasteiger partial charge in [-0.05, 0) is 31.7 Å². The predicted molar refractivity (Wildman–Crippen MR) is 88.0 cm³/mol. The minimum atomic E-state index is -0.145. The lowest BCUT2D eigenvalue weighted by molar-refractivity contribution is 0.0459. The maximum absolute atomic E-state index is 10.5. The molecule has 0 spiro atoms. The van der Waals surface area contributed by atoms with Crippen LogP contribution in [-0.2, 0) is 0 Å². The standard InChI is InChI=1S/C17H28N4O/c1-14-18-8-7-17(19-14)21-11-9-20(10-12-21)13-16(22)15-5-3-2-4-6-15/h7-8,15-16,22H,2-6,9-13H2,1H3. The van der Waals surface area contributed by atoms with E-state index >= 15 is 0 Å². The molecule has 22 heavy (non-hydrogen) atoms. The molecule has 0 radical (unpaired) electrons. The maximum Gasteiger partial charge on any atom is 0.132 e. The maximum atomic E-state index is 10.5. The van der Waals surface area contributed by atoms with Crippen LogP contribution in [0.3, 0.4) is 0 Å². The first kappa shape index (κ1) is 15.7. The summed E-state index contributed by atoms with van der Waals surface area (Å²) in [6, 6.07) is 1.99. The molecule has 2 aliphatic rings. The largest absolute Gasteiger partial charge is 0.392 e. The van der Waals surface area contributed by atoms with Gasteiger partial charge in [-0.25, -0.2) is 9.97 Å². The molecule has 1 N–H and O–H groups in total. The second kappa shape index (κ2) is 7.38. The number of aliphatic hydroxyl groups excluding tert-OH is 1. The van der Waals surface area contributed by atoms with E-state index in [1.54, 1.807) is 0 Å². The highest BCUT2D eigenvalue weighted by molar-refractivity contribution is 5.37. The number of rotatable bonds is 4. The fourth-order valence-corrected chi connectivity index (χ4v) is 3.71. The van der Waals surface area contributed by atoms with Gasteiger partial charge in [-0.15, -0.1) is 0 Å². The Labute approximate surface area is 133 Å². The molecule has 0 bridgehead atoms. The Morgan fingerprint density at radius 2 is 1.91 bits per heavy atom. The van der Waals surface area contributed by atoms with Crippen LogP contribution in [0.15, 0.2) is 12.3 Å². The van der Waals surface area contributed by atoms with Crippen LogP contribution >= 0.6 is 0 Å². The normalized spacial score (nSPS) is 22.7. The van der Waals surface area contributed by atoms with Gasteiger partial charge in [-0.3, -0.25) is 4.90 Å². The van der Waals surface area contributed by atoms with E-state index in [1.165, 1.54) is 32.1 Å². The van der Waals surface area contributed by atoms with Crippen molar-refractivity contribution >= 4 is 5.82 Å². The number of hydrogen-bond acceptors (Lipinski definition) is 5. The minimum Gasteiger partial charge on any atom is -0.392 e. The van der Waals surface area contributed by atoms with Crippen molar-refractivity contribution in [2.24, 2.45) is 5.92 Å². The summed E-state index contributed by atoms with van der Waals surface area (Å²) in [5, 5.41) is 10.5. The predicted octanol–water partition coefficient (Wildman–Crippen LogP) is 1.85. The van der Waals surface area contributed by atoms with E-state index < -0.39 is 0 Å². The molecule has 2 fully saturated rings. The van der Waals surface area contributed by atoms with Gasteiger partial charge >= 0.3 is 0 Å². The van der Waals surface area contributed by atoms with Gasteiger partial charge in [-0.1, -0.05) is 19.3 Å². The molecule has 5 heteroatoms. The number of aromatic nitrogens is 2. The van der Waals surface area contributed by atoms with Gasteiger partial charge in [0.25, 0.3) is 0 Å². The Balaban J connectivity index is 1.47. The Hall–Kier alpha value is -1.20. The molecule has 0 aromatic carbocycles. The lowest BCUT2D eigenvalue weighted by Gasteiger charge is -2.38. The van der Waals surface area contributed by atoms with Crippen LogP contribution in [0.25, 0.3) is 0 Å². The van der Waals surface area contributed by atoms with E-state index in [0.717, 1.165) is 44.4 Å². The zero-order chi connectivity index (χ0) is 15.4. The van der Waals surface area contributed by atoms with Crippen molar-refractivity contribution in [1.29, 1.82) is 0 Å². The van der Waals surface area contributed by atoms with Crippen LogP contribution in [0.4, 0.5) is 5.82 Å². The molecule has 1 saturated heterocycles. The highest BCUT2D eigenvalue weighted by Gasteiger charge is 2.25. The number of aliphatic hydroxyl groups is 1. The van der Waals surface area contributed by atoms with E-state index in [0.29, 0.717) is 5.92 Å². The summed E-state index contributed by atoms with van der Waals surface area (Å²) in [5.74, 6) is 2.38. The third-order valence-corrected chi connectivity index (χ3v) is 5.10. The number of hydrogen-bond donors (Lipinski definition) is 1. The summed E-state index contributed by atoms with van der Waals surface area (Å²) in [6.45, 7) is 6.74. The highest BCUT2D eigenvalue weighted by atomic mass is 16.3. The first-order chi connectivity index (χ1) is 10.7. The van der Waals surface area contributed by atoms with Gasteiger partial charge in [0.2, 0.25) is 0 Å². The molecule has 1 atom stereocenters. The van der Waals surface area contributed by atoms with Crippen LogP contribution < -0.4 is 4.90 Å². The first-order valence-corrected chi connectivity index (χ1v) is 8.67. The fraction of sp³-hybridized carbons (Fsp3) is 0.765. The van der Waals surface area contributed by atoms with Crippen molar-refractivity contribution < 1.29 is 5.11 Å². The molecule has 122 valence electrons. The van der Waals surface area contributed by atoms with Crippen LogP contribution in [0.5, 0.6) is 0 Å². The first-order valence-electron chi connectivity index (χ1n) is 8.67. The number of β-amino-alcohol motifs (C(OH)–C–C–N with tert-alkyl or cyclic N) is 1. The summed E-state index contributed by atoms with van der Waals surface area (Å²) in [5.41, 5.74) is 0. The Morgan fingerprint density at radius 1 is 1.18 bits per heavy atom. The van der Waals surface area contributed by atoms with Crippen molar-refractivity contribution in [2.75, 3.05) is 37.6 Å². The van der Waals surface area contributed by atoms with Crippen molar-refractivity contribution in [2.45, 2.75) is 45.1 Å². The summed E-state index contributed by atoms with van der Waals surface area (Å²) < 4.78 is 0. The zero-order valence-corrected chi connectivity index (χ0v) is 13.6. The van der Waals surface area contributed by atoms with Crippen LogP contribution in [0, 0.1) is 12.8 Å². The monoisotopic (exact) mass is 304 g/mol. The summed E-state index contributed by atoms with van der Waals surface area (Å²) in [7, 11) is 0. The average molecular weight is 304 g/mol. The average Bonchev–Trinajstić information content (AvgIpc) is 2.56. The van der Waals surface area contributed by atoms with E-state index in [4.69, 9.17) is 0 Å². The summed E-state index contributed by atoms with van der Waals surface area (Å²) in [6.07, 6.45) is 8.04. The third-order valence-electron chi connectivity index (χ3n) is 5.10. The molecule has 1 aliphatic carbocycles. The molecule has 1 aliphatic heterocycles. The molecule has 1 aromatic heterocycles. The summed E-state index contributed by atoms with van der Waals surface area (Å²) >= 11 is 0. The molecule has 1 saturated carbocycles.